The molecule has 0 unspecified atom stereocenters. The van der Waals surface area contributed by atoms with Gasteiger partial charge in [-0.2, -0.15) is 0 Å². The fourth-order valence-electron chi connectivity index (χ4n) is 2.38. The van der Waals surface area contributed by atoms with Crippen LogP contribution in [0.5, 0.6) is 0 Å². The largest absolute Gasteiger partial charge is 0.327 e. The molecule has 2 rings (SSSR count). The van der Waals surface area contributed by atoms with Gasteiger partial charge in [-0.15, -0.1) is 0 Å². The van der Waals surface area contributed by atoms with Crippen LogP contribution in [0.15, 0.2) is 28.2 Å². The summed E-state index contributed by atoms with van der Waals surface area (Å²) >= 11 is 5.93. The van der Waals surface area contributed by atoms with Crippen molar-refractivity contribution in [2.45, 2.75) is 45.1 Å². The highest BCUT2D eigenvalue weighted by Crippen LogP contribution is 2.22. The van der Waals surface area contributed by atoms with Gasteiger partial charge in [-0.3, -0.25) is 4.99 Å². The minimum atomic E-state index is 0.497. The zero-order chi connectivity index (χ0) is 14.4. The predicted octanol–water partition coefficient (Wildman–Crippen LogP) is 4.60. The van der Waals surface area contributed by atoms with Crippen molar-refractivity contribution in [3.63, 3.8) is 0 Å². The molecule has 0 radical (unpaired) electrons. The van der Waals surface area contributed by atoms with Gasteiger partial charge in [0.2, 0.25) is 0 Å². The van der Waals surface area contributed by atoms with Gasteiger partial charge in [0.15, 0.2) is 0 Å². The van der Waals surface area contributed by atoms with Crippen LogP contribution in [0.3, 0.4) is 0 Å². The fourth-order valence-corrected chi connectivity index (χ4v) is 2.60. The van der Waals surface area contributed by atoms with Crippen LogP contribution in [0.25, 0.3) is 0 Å². The first kappa shape index (κ1) is 15.0. The van der Waals surface area contributed by atoms with Crippen LogP contribution >= 0.6 is 11.6 Å². The lowest BCUT2D eigenvalue weighted by Gasteiger charge is -2.18. The molecule has 0 aromatic heterocycles. The van der Waals surface area contributed by atoms with Crippen LogP contribution in [0.4, 0.5) is 5.69 Å². The number of aryl methyl sites for hydroxylation is 1. The smallest absolute Gasteiger partial charge is 0.0961 e. The van der Waals surface area contributed by atoms with Gasteiger partial charge in [0, 0.05) is 12.1 Å². The Balaban J connectivity index is 1.91. The highest BCUT2D eigenvalue weighted by Gasteiger charge is 2.10. The summed E-state index contributed by atoms with van der Waals surface area (Å²) in [5.74, 6) is 0. The normalized spacial score (nSPS) is 17.1. The molecule has 4 heteroatoms. The van der Waals surface area contributed by atoms with Gasteiger partial charge in [-0.05, 0) is 43.5 Å². The molecule has 0 aliphatic heterocycles. The van der Waals surface area contributed by atoms with E-state index in [-0.39, 0.29) is 0 Å². The third-order valence-corrected chi connectivity index (χ3v) is 3.81. The van der Waals surface area contributed by atoms with Crippen LogP contribution < -0.4 is 0 Å². The van der Waals surface area contributed by atoms with E-state index in [2.05, 4.69) is 9.98 Å². The van der Waals surface area contributed by atoms with Crippen LogP contribution in [0, 0.1) is 6.92 Å². The molecular formula is C16H22ClN3. The maximum Gasteiger partial charge on any atom is 0.0961 e. The van der Waals surface area contributed by atoms with E-state index < -0.39 is 0 Å². The summed E-state index contributed by atoms with van der Waals surface area (Å²) in [6.45, 7) is 2.01. The fraction of sp³-hybridized carbons (Fsp3) is 0.500. The number of halogens is 1. The highest BCUT2D eigenvalue weighted by molar-refractivity contribution is 6.30. The van der Waals surface area contributed by atoms with E-state index in [0.717, 1.165) is 16.3 Å². The van der Waals surface area contributed by atoms with Gasteiger partial charge < -0.3 is 4.90 Å². The topological polar surface area (TPSA) is 28.0 Å². The zero-order valence-electron chi connectivity index (χ0n) is 12.2. The standard InChI is InChI=1S/C16H22ClN3/c1-13-10-14(17)8-9-16(13)19-12-20(2)11-18-15-6-4-3-5-7-15/h8-12,15H,3-7H2,1-2H3. The molecule has 0 atom stereocenters. The Kier molecular flexibility index (Phi) is 5.60. The quantitative estimate of drug-likeness (QED) is 0.588. The molecule has 108 valence electrons. The molecule has 0 N–H and O–H groups in total. The second-order valence-electron chi connectivity index (χ2n) is 5.40. The number of hydrogen-bond acceptors (Lipinski definition) is 2. The molecule has 1 aliphatic carbocycles. The molecular weight excluding hydrogens is 270 g/mol. The Hall–Kier alpha value is -1.35. The van der Waals surface area contributed by atoms with Crippen molar-refractivity contribution < 1.29 is 0 Å². The number of hydrogen-bond donors (Lipinski definition) is 0. The third kappa shape index (κ3) is 4.64. The van der Waals surface area contributed by atoms with E-state index in [0.29, 0.717) is 6.04 Å². The summed E-state index contributed by atoms with van der Waals surface area (Å²) in [7, 11) is 1.96. The van der Waals surface area contributed by atoms with Crippen molar-refractivity contribution >= 4 is 30.0 Å². The monoisotopic (exact) mass is 291 g/mol. The van der Waals surface area contributed by atoms with Crippen molar-refractivity contribution in [2.24, 2.45) is 9.98 Å². The van der Waals surface area contributed by atoms with Crippen LogP contribution in [-0.2, 0) is 0 Å². The summed E-state index contributed by atoms with van der Waals surface area (Å²) in [6, 6.07) is 6.21. The van der Waals surface area contributed by atoms with Crippen LogP contribution in [-0.4, -0.2) is 30.7 Å². The summed E-state index contributed by atoms with van der Waals surface area (Å²) < 4.78 is 0. The van der Waals surface area contributed by atoms with Crippen LogP contribution in [0.2, 0.25) is 5.02 Å². The minimum absolute atomic E-state index is 0.497. The molecule has 1 aromatic carbocycles. The average Bonchev–Trinajstić information content (AvgIpc) is 2.45. The van der Waals surface area contributed by atoms with E-state index in [1.54, 1.807) is 6.34 Å². The van der Waals surface area contributed by atoms with Gasteiger partial charge in [0.1, 0.15) is 0 Å². The molecule has 0 saturated heterocycles. The molecule has 3 nitrogen and oxygen atoms in total. The Bertz CT molecular complexity index is 490. The average molecular weight is 292 g/mol. The molecule has 0 bridgehead atoms. The first-order chi connectivity index (χ1) is 9.65. The maximum absolute atomic E-state index is 5.93. The number of rotatable bonds is 4. The van der Waals surface area contributed by atoms with Crippen molar-refractivity contribution in [3.8, 4) is 0 Å². The van der Waals surface area contributed by atoms with Crippen molar-refractivity contribution in [2.75, 3.05) is 7.05 Å². The van der Waals surface area contributed by atoms with Crippen molar-refractivity contribution in [3.05, 3.63) is 28.8 Å². The first-order valence-corrected chi connectivity index (χ1v) is 7.58. The predicted molar refractivity (Wildman–Crippen MR) is 87.5 cm³/mol. The molecule has 0 spiro atoms. The second kappa shape index (κ2) is 7.44. The molecule has 20 heavy (non-hydrogen) atoms. The summed E-state index contributed by atoms with van der Waals surface area (Å²) in [5.41, 5.74) is 2.01. The van der Waals surface area contributed by atoms with Gasteiger partial charge in [-0.1, -0.05) is 30.9 Å². The van der Waals surface area contributed by atoms with E-state index in [4.69, 9.17) is 11.6 Å². The Morgan fingerprint density at radius 3 is 2.65 bits per heavy atom. The van der Waals surface area contributed by atoms with Crippen molar-refractivity contribution in [1.29, 1.82) is 0 Å². The van der Waals surface area contributed by atoms with E-state index in [1.165, 1.54) is 32.1 Å². The van der Waals surface area contributed by atoms with E-state index >= 15 is 0 Å². The summed E-state index contributed by atoms with van der Waals surface area (Å²) in [5, 5.41) is 0.744. The zero-order valence-corrected chi connectivity index (χ0v) is 13.0. The Labute approximate surface area is 126 Å². The van der Waals surface area contributed by atoms with Crippen molar-refractivity contribution in [1.82, 2.24) is 4.90 Å². The van der Waals surface area contributed by atoms with Gasteiger partial charge in [-0.25, -0.2) is 4.99 Å². The minimum Gasteiger partial charge on any atom is -0.327 e. The molecule has 1 aliphatic rings. The molecule has 1 saturated carbocycles. The summed E-state index contributed by atoms with van der Waals surface area (Å²) in [6.07, 6.45) is 10.1. The second-order valence-corrected chi connectivity index (χ2v) is 5.83. The van der Waals surface area contributed by atoms with E-state index in [9.17, 15) is 0 Å². The Morgan fingerprint density at radius 2 is 1.95 bits per heavy atom. The lowest BCUT2D eigenvalue weighted by atomic mass is 9.96. The number of benzene rings is 1. The first-order valence-electron chi connectivity index (χ1n) is 7.21. The highest BCUT2D eigenvalue weighted by atomic mass is 35.5. The van der Waals surface area contributed by atoms with E-state index in [1.807, 2.05) is 43.4 Å². The molecule has 1 fully saturated rings. The maximum atomic E-state index is 5.93. The number of aliphatic imine (C=N–C) groups is 2. The molecule has 0 amide bonds. The molecule has 1 aromatic rings. The summed E-state index contributed by atoms with van der Waals surface area (Å²) in [4.78, 5) is 11.0. The SMILES string of the molecule is Cc1cc(Cl)ccc1N=CN(C)C=NC1CCCCC1. The van der Waals surface area contributed by atoms with Crippen LogP contribution in [0.1, 0.15) is 37.7 Å². The third-order valence-electron chi connectivity index (χ3n) is 3.57. The van der Waals surface area contributed by atoms with Gasteiger partial charge in [0.25, 0.3) is 0 Å². The molecule has 0 heterocycles. The van der Waals surface area contributed by atoms with Gasteiger partial charge in [0.05, 0.1) is 24.4 Å². The number of nitrogens with zero attached hydrogens (tertiary/aromatic N) is 3. The Morgan fingerprint density at radius 1 is 1.20 bits per heavy atom. The lowest BCUT2D eigenvalue weighted by Crippen LogP contribution is -2.17. The van der Waals surface area contributed by atoms with Gasteiger partial charge >= 0.3 is 0 Å². The lowest BCUT2D eigenvalue weighted by molar-refractivity contribution is 0.442.